The number of benzene rings is 2. The van der Waals surface area contributed by atoms with Crippen LogP contribution in [0.1, 0.15) is 42.4 Å². The minimum Gasteiger partial charge on any atom is -0.395 e. The van der Waals surface area contributed by atoms with Crippen LogP contribution < -0.4 is 14.8 Å². The van der Waals surface area contributed by atoms with Crippen LogP contribution in [0.3, 0.4) is 0 Å². The topological polar surface area (TPSA) is 30.5 Å². The quantitative estimate of drug-likeness (QED) is 0.689. The minimum absolute atomic E-state index is 0.110. The molecule has 0 spiro atoms. The first-order valence-corrected chi connectivity index (χ1v) is 11.1. The Bertz CT molecular complexity index is 931. The van der Waals surface area contributed by atoms with Gasteiger partial charge in [0.2, 0.25) is 0 Å². The van der Waals surface area contributed by atoms with E-state index in [1.165, 1.54) is 16.8 Å². The molecule has 2 heterocycles. The van der Waals surface area contributed by atoms with Gasteiger partial charge in [0.05, 0.1) is 0 Å². The Kier molecular flexibility index (Phi) is 4.06. The lowest BCUT2D eigenvalue weighted by Gasteiger charge is -2.37. The van der Waals surface area contributed by atoms with Gasteiger partial charge >= 0.3 is 6.29 Å². The van der Waals surface area contributed by atoms with E-state index in [1.807, 2.05) is 17.8 Å². The fourth-order valence-electron chi connectivity index (χ4n) is 4.94. The van der Waals surface area contributed by atoms with Gasteiger partial charge in [0.15, 0.2) is 11.5 Å². The fraction of sp³-hybridized carbons (Fsp3) is 0.455. The van der Waals surface area contributed by atoms with Crippen LogP contribution in [0, 0.1) is 5.92 Å². The molecule has 0 bridgehead atoms. The Hall–Kier alpha value is -1.95. The first-order valence-electron chi connectivity index (χ1n) is 9.67. The highest BCUT2D eigenvalue weighted by Gasteiger charge is 2.51. The third-order valence-electron chi connectivity index (χ3n) is 6.51. The van der Waals surface area contributed by atoms with Crippen molar-refractivity contribution in [1.82, 2.24) is 0 Å². The molecule has 5 rings (SSSR count). The van der Waals surface area contributed by atoms with Crippen LogP contribution in [0.25, 0.3) is 0 Å². The number of thioether (sulfide) groups is 1. The zero-order valence-electron chi connectivity index (χ0n) is 15.9. The number of rotatable bonds is 5. The molecule has 3 nitrogen and oxygen atoms in total. The Morgan fingerprint density at radius 3 is 2.71 bits per heavy atom. The molecule has 3 aliphatic rings. The zero-order valence-corrected chi connectivity index (χ0v) is 16.7. The molecule has 0 amide bonds. The van der Waals surface area contributed by atoms with Crippen molar-refractivity contribution in [3.8, 4) is 11.5 Å². The summed E-state index contributed by atoms with van der Waals surface area (Å²) < 4.78 is 36.3. The number of nitrogens with one attached hydrogen (secondary N) is 1. The summed E-state index contributed by atoms with van der Waals surface area (Å²) in [5.74, 6) is 2.05. The molecule has 2 aromatic carbocycles. The van der Waals surface area contributed by atoms with Crippen LogP contribution in [-0.4, -0.2) is 19.1 Å². The second-order valence-corrected chi connectivity index (χ2v) is 9.00. The fourth-order valence-corrected chi connectivity index (χ4v) is 5.49. The lowest BCUT2D eigenvalue weighted by molar-refractivity contribution is -0.286. The van der Waals surface area contributed by atoms with E-state index in [1.54, 1.807) is 12.1 Å². The highest BCUT2D eigenvalue weighted by Crippen LogP contribution is 2.58. The van der Waals surface area contributed by atoms with Crippen molar-refractivity contribution in [2.45, 2.75) is 43.1 Å². The highest BCUT2D eigenvalue weighted by atomic mass is 32.2. The van der Waals surface area contributed by atoms with Gasteiger partial charge < -0.3 is 14.8 Å². The molecule has 0 aromatic heterocycles. The Balaban J connectivity index is 1.56. The Labute approximate surface area is 167 Å². The van der Waals surface area contributed by atoms with Crippen molar-refractivity contribution < 1.29 is 18.3 Å². The van der Waals surface area contributed by atoms with Crippen molar-refractivity contribution in [2.75, 3.05) is 18.1 Å². The number of anilines is 1. The summed E-state index contributed by atoms with van der Waals surface area (Å²) in [4.78, 5) is 0. The summed E-state index contributed by atoms with van der Waals surface area (Å²) in [5.41, 5.74) is 4.82. The monoisotopic (exact) mass is 403 g/mol. The van der Waals surface area contributed by atoms with E-state index < -0.39 is 6.29 Å². The second-order valence-electron chi connectivity index (χ2n) is 8.13. The molecule has 2 unspecified atom stereocenters. The standard InChI is InChI=1S/C22H23F2NO2S/c1-21(14-6-7-14,15-8-9-18-19(10-15)27-22(23,24)26-18)17-11-25-20-13(12-28-2)4-3-5-16(17)20/h3-5,8-10,14,17,25H,6-7,11-12H2,1-2H3. The summed E-state index contributed by atoms with van der Waals surface area (Å²) in [5, 5.41) is 3.64. The van der Waals surface area contributed by atoms with E-state index in [2.05, 4.69) is 41.4 Å². The normalized spacial score (nSPS) is 23.8. The van der Waals surface area contributed by atoms with Gasteiger partial charge in [-0.05, 0) is 53.8 Å². The molecule has 1 N–H and O–H groups in total. The van der Waals surface area contributed by atoms with Gasteiger partial charge in [-0.1, -0.05) is 31.2 Å². The molecular weight excluding hydrogens is 380 g/mol. The van der Waals surface area contributed by atoms with Gasteiger partial charge in [-0.2, -0.15) is 11.8 Å². The Morgan fingerprint density at radius 1 is 1.18 bits per heavy atom. The number of fused-ring (bicyclic) bond motifs is 2. The van der Waals surface area contributed by atoms with E-state index in [0.717, 1.165) is 30.7 Å². The molecule has 1 fully saturated rings. The van der Waals surface area contributed by atoms with Crippen LogP contribution >= 0.6 is 11.8 Å². The maximum Gasteiger partial charge on any atom is 0.586 e. The Morgan fingerprint density at radius 2 is 1.96 bits per heavy atom. The molecule has 148 valence electrons. The number of hydrogen-bond acceptors (Lipinski definition) is 4. The van der Waals surface area contributed by atoms with E-state index in [4.69, 9.17) is 4.74 Å². The predicted molar refractivity (Wildman–Crippen MR) is 108 cm³/mol. The van der Waals surface area contributed by atoms with Gasteiger partial charge in [0.1, 0.15) is 0 Å². The van der Waals surface area contributed by atoms with Crippen LogP contribution in [-0.2, 0) is 11.2 Å². The molecule has 28 heavy (non-hydrogen) atoms. The molecule has 2 atom stereocenters. The molecular formula is C22H23F2NO2S. The van der Waals surface area contributed by atoms with Crippen LogP contribution in [0.2, 0.25) is 0 Å². The summed E-state index contributed by atoms with van der Waals surface area (Å²) in [6, 6.07) is 11.9. The number of ether oxygens (including phenoxy) is 2. The SMILES string of the molecule is CSCc1cccc2c1NCC2C(C)(c1ccc2c(c1)OC(F)(F)O2)C1CC1. The van der Waals surface area contributed by atoms with Crippen LogP contribution in [0.5, 0.6) is 11.5 Å². The maximum atomic E-state index is 13.5. The third kappa shape index (κ3) is 2.76. The van der Waals surface area contributed by atoms with Crippen molar-refractivity contribution in [3.63, 3.8) is 0 Å². The zero-order chi connectivity index (χ0) is 19.5. The molecule has 1 aliphatic carbocycles. The third-order valence-corrected chi connectivity index (χ3v) is 7.11. The van der Waals surface area contributed by atoms with Gasteiger partial charge in [0.25, 0.3) is 0 Å². The van der Waals surface area contributed by atoms with Gasteiger partial charge in [-0.15, -0.1) is 8.78 Å². The number of para-hydroxylation sites is 1. The summed E-state index contributed by atoms with van der Waals surface area (Å²) in [6.07, 6.45) is 0.864. The van der Waals surface area contributed by atoms with Crippen molar-refractivity contribution >= 4 is 17.4 Å². The highest BCUT2D eigenvalue weighted by molar-refractivity contribution is 7.97. The number of hydrogen-bond donors (Lipinski definition) is 1. The van der Waals surface area contributed by atoms with Gasteiger partial charge in [-0.3, -0.25) is 0 Å². The lowest BCUT2D eigenvalue weighted by atomic mass is 9.66. The lowest BCUT2D eigenvalue weighted by Crippen LogP contribution is -2.34. The second kappa shape index (κ2) is 6.28. The van der Waals surface area contributed by atoms with E-state index >= 15 is 0 Å². The van der Waals surface area contributed by atoms with Crippen LogP contribution in [0.15, 0.2) is 36.4 Å². The van der Waals surface area contributed by atoms with Gasteiger partial charge in [-0.25, -0.2) is 0 Å². The molecule has 0 saturated heterocycles. The summed E-state index contributed by atoms with van der Waals surface area (Å²) in [6.45, 7) is 3.14. The average Bonchev–Trinajstić information content (AvgIpc) is 3.34. The smallest absolute Gasteiger partial charge is 0.395 e. The maximum absolute atomic E-state index is 13.5. The summed E-state index contributed by atoms with van der Waals surface area (Å²) >= 11 is 1.82. The summed E-state index contributed by atoms with van der Waals surface area (Å²) in [7, 11) is 0. The minimum atomic E-state index is -3.58. The van der Waals surface area contributed by atoms with Crippen LogP contribution in [0.4, 0.5) is 14.5 Å². The molecule has 6 heteroatoms. The van der Waals surface area contributed by atoms with E-state index in [0.29, 0.717) is 5.92 Å². The first-order chi connectivity index (χ1) is 13.4. The molecule has 0 radical (unpaired) electrons. The van der Waals surface area contributed by atoms with E-state index in [-0.39, 0.29) is 22.8 Å². The number of halogens is 2. The average molecular weight is 403 g/mol. The number of alkyl halides is 2. The van der Waals surface area contributed by atoms with E-state index in [9.17, 15) is 8.78 Å². The molecule has 2 aromatic rings. The molecule has 2 aliphatic heterocycles. The van der Waals surface area contributed by atoms with Crippen molar-refractivity contribution in [3.05, 3.63) is 53.1 Å². The first kappa shape index (κ1) is 18.1. The van der Waals surface area contributed by atoms with Crippen molar-refractivity contribution in [2.24, 2.45) is 5.92 Å². The van der Waals surface area contributed by atoms with Gasteiger partial charge in [0, 0.05) is 29.3 Å². The molecule has 1 saturated carbocycles. The van der Waals surface area contributed by atoms with Crippen molar-refractivity contribution in [1.29, 1.82) is 0 Å². The predicted octanol–water partition coefficient (Wildman–Crippen LogP) is 5.75. The largest absolute Gasteiger partial charge is 0.586 e.